The van der Waals surface area contributed by atoms with E-state index in [4.69, 9.17) is 0 Å². The molecule has 1 aromatic rings. The predicted octanol–water partition coefficient (Wildman–Crippen LogP) is 4.08. The van der Waals surface area contributed by atoms with Crippen LogP contribution in [0.3, 0.4) is 0 Å². The van der Waals surface area contributed by atoms with Crippen LogP contribution in [0.15, 0.2) is 15.9 Å². The van der Waals surface area contributed by atoms with Gasteiger partial charge in [0, 0.05) is 15.4 Å². The van der Waals surface area contributed by atoms with E-state index in [1.54, 1.807) is 0 Å². The van der Waals surface area contributed by atoms with Crippen LogP contribution in [0, 0.1) is 11.8 Å². The van der Waals surface area contributed by atoms with Crippen molar-refractivity contribution in [3.8, 4) is 0 Å². The van der Waals surface area contributed by atoms with Crippen molar-refractivity contribution in [2.24, 2.45) is 11.8 Å². The first kappa shape index (κ1) is 12.6. The van der Waals surface area contributed by atoms with Crippen molar-refractivity contribution in [2.45, 2.75) is 38.6 Å². The smallest absolute Gasteiger partial charge is 0.0314 e. The number of thiophene rings is 1. The number of nitrogens with one attached hydrogen (secondary N) is 1. The highest BCUT2D eigenvalue weighted by molar-refractivity contribution is 9.10. The maximum atomic E-state index is 3.63. The number of halogens is 1. The van der Waals surface area contributed by atoms with Crippen LogP contribution in [-0.2, 0) is 6.42 Å². The largest absolute Gasteiger partial charge is 0.316 e. The standard InChI is InChI=1S/C13H20BrNS/c1-9-4-3-5-10(9)12(15-2)8-13-11(14)6-7-16-13/h6-7,9-10,12,15H,3-5,8H2,1-2H3. The summed E-state index contributed by atoms with van der Waals surface area (Å²) in [6.45, 7) is 2.41. The zero-order valence-corrected chi connectivity index (χ0v) is 12.4. The van der Waals surface area contributed by atoms with E-state index in [0.29, 0.717) is 6.04 Å². The second-order valence-electron chi connectivity index (χ2n) is 4.86. The molecule has 0 aromatic carbocycles. The first-order chi connectivity index (χ1) is 7.72. The van der Waals surface area contributed by atoms with Crippen LogP contribution in [0.25, 0.3) is 0 Å². The van der Waals surface area contributed by atoms with E-state index in [1.807, 2.05) is 11.3 Å². The van der Waals surface area contributed by atoms with Crippen molar-refractivity contribution in [3.05, 3.63) is 20.8 Å². The molecule has 1 nitrogen and oxygen atoms in total. The van der Waals surface area contributed by atoms with Crippen LogP contribution in [0.1, 0.15) is 31.1 Å². The molecule has 0 bridgehead atoms. The highest BCUT2D eigenvalue weighted by Gasteiger charge is 2.30. The van der Waals surface area contributed by atoms with E-state index >= 15 is 0 Å². The Hall–Kier alpha value is 0.140. The van der Waals surface area contributed by atoms with Gasteiger partial charge in [-0.1, -0.05) is 19.8 Å². The van der Waals surface area contributed by atoms with Gasteiger partial charge in [0.05, 0.1) is 0 Å². The maximum absolute atomic E-state index is 3.63. The van der Waals surface area contributed by atoms with Gasteiger partial charge < -0.3 is 5.32 Å². The van der Waals surface area contributed by atoms with Crippen LogP contribution >= 0.6 is 27.3 Å². The van der Waals surface area contributed by atoms with Crippen molar-refractivity contribution in [1.82, 2.24) is 5.32 Å². The van der Waals surface area contributed by atoms with Crippen LogP contribution in [0.4, 0.5) is 0 Å². The van der Waals surface area contributed by atoms with Crippen molar-refractivity contribution in [1.29, 1.82) is 0 Å². The average Bonchev–Trinajstić information content (AvgIpc) is 2.85. The Morgan fingerprint density at radius 2 is 2.38 bits per heavy atom. The molecular weight excluding hydrogens is 282 g/mol. The Kier molecular flexibility index (Phi) is 4.45. The minimum absolute atomic E-state index is 0.646. The van der Waals surface area contributed by atoms with Gasteiger partial charge in [-0.15, -0.1) is 11.3 Å². The lowest BCUT2D eigenvalue weighted by atomic mass is 9.88. The van der Waals surface area contributed by atoms with Gasteiger partial charge in [-0.25, -0.2) is 0 Å². The average molecular weight is 302 g/mol. The summed E-state index contributed by atoms with van der Waals surface area (Å²) in [5, 5.41) is 5.70. The lowest BCUT2D eigenvalue weighted by molar-refractivity contribution is 0.309. The van der Waals surface area contributed by atoms with Gasteiger partial charge in [0.15, 0.2) is 0 Å². The Labute approximate surface area is 111 Å². The topological polar surface area (TPSA) is 12.0 Å². The van der Waals surface area contributed by atoms with E-state index in [0.717, 1.165) is 11.8 Å². The first-order valence-corrected chi connectivity index (χ1v) is 7.78. The SMILES string of the molecule is CNC(Cc1sccc1Br)C1CCCC1C. The number of hydrogen-bond donors (Lipinski definition) is 1. The first-order valence-electron chi connectivity index (χ1n) is 6.11. The third-order valence-electron chi connectivity index (χ3n) is 3.91. The molecule has 1 N–H and O–H groups in total. The Balaban J connectivity index is 2.03. The quantitative estimate of drug-likeness (QED) is 0.884. The fourth-order valence-electron chi connectivity index (χ4n) is 2.91. The molecule has 1 fully saturated rings. The Morgan fingerprint density at radius 3 is 2.88 bits per heavy atom. The molecule has 0 spiro atoms. The second kappa shape index (κ2) is 5.65. The van der Waals surface area contributed by atoms with Gasteiger partial charge >= 0.3 is 0 Å². The molecule has 1 heterocycles. The highest BCUT2D eigenvalue weighted by atomic mass is 79.9. The molecule has 1 saturated carbocycles. The number of likely N-dealkylation sites (N-methyl/N-ethyl adjacent to an activating group) is 1. The lowest BCUT2D eigenvalue weighted by Crippen LogP contribution is -2.36. The third-order valence-corrected chi connectivity index (χ3v) is 5.86. The molecule has 3 heteroatoms. The monoisotopic (exact) mass is 301 g/mol. The third kappa shape index (κ3) is 2.69. The van der Waals surface area contributed by atoms with Crippen LogP contribution in [-0.4, -0.2) is 13.1 Å². The maximum Gasteiger partial charge on any atom is 0.0314 e. The summed E-state index contributed by atoms with van der Waals surface area (Å²) in [5.74, 6) is 1.75. The summed E-state index contributed by atoms with van der Waals surface area (Å²) in [4.78, 5) is 1.48. The second-order valence-corrected chi connectivity index (χ2v) is 6.72. The van der Waals surface area contributed by atoms with Gasteiger partial charge in [0.25, 0.3) is 0 Å². The molecular formula is C13H20BrNS. The summed E-state index contributed by atoms with van der Waals surface area (Å²) in [7, 11) is 2.11. The van der Waals surface area contributed by atoms with E-state index in [-0.39, 0.29) is 0 Å². The Bertz CT molecular complexity index is 336. The zero-order chi connectivity index (χ0) is 11.5. The molecule has 3 unspecified atom stereocenters. The molecule has 1 aliphatic rings. The van der Waals surface area contributed by atoms with Gasteiger partial charge in [-0.3, -0.25) is 0 Å². The molecule has 3 atom stereocenters. The van der Waals surface area contributed by atoms with E-state index in [9.17, 15) is 0 Å². The van der Waals surface area contributed by atoms with E-state index in [2.05, 4.69) is 46.7 Å². The molecule has 1 aliphatic carbocycles. The lowest BCUT2D eigenvalue weighted by Gasteiger charge is -2.26. The molecule has 2 rings (SSSR count). The van der Waals surface area contributed by atoms with Gasteiger partial charge in [-0.05, 0) is 59.1 Å². The summed E-state index contributed by atoms with van der Waals surface area (Å²) in [6.07, 6.45) is 5.39. The van der Waals surface area contributed by atoms with Crippen LogP contribution in [0.5, 0.6) is 0 Å². The van der Waals surface area contributed by atoms with Crippen molar-refractivity contribution in [2.75, 3.05) is 7.05 Å². The van der Waals surface area contributed by atoms with Crippen molar-refractivity contribution >= 4 is 27.3 Å². The van der Waals surface area contributed by atoms with Crippen molar-refractivity contribution < 1.29 is 0 Å². The molecule has 16 heavy (non-hydrogen) atoms. The predicted molar refractivity (Wildman–Crippen MR) is 75.1 cm³/mol. The number of rotatable bonds is 4. The fraction of sp³-hybridized carbons (Fsp3) is 0.692. The van der Waals surface area contributed by atoms with Crippen LogP contribution in [0.2, 0.25) is 0 Å². The van der Waals surface area contributed by atoms with Crippen molar-refractivity contribution in [3.63, 3.8) is 0 Å². The molecule has 0 amide bonds. The normalized spacial score (nSPS) is 27.2. The fourth-order valence-corrected chi connectivity index (χ4v) is 4.48. The Morgan fingerprint density at radius 1 is 1.56 bits per heavy atom. The summed E-state index contributed by atoms with van der Waals surface area (Å²) in [5.41, 5.74) is 0. The molecule has 0 radical (unpaired) electrons. The summed E-state index contributed by atoms with van der Waals surface area (Å²) >= 11 is 5.50. The van der Waals surface area contributed by atoms with E-state index < -0.39 is 0 Å². The highest BCUT2D eigenvalue weighted by Crippen LogP contribution is 2.36. The zero-order valence-electron chi connectivity index (χ0n) is 10.0. The molecule has 0 saturated heterocycles. The minimum atomic E-state index is 0.646. The summed E-state index contributed by atoms with van der Waals surface area (Å²) < 4.78 is 1.28. The molecule has 1 aromatic heterocycles. The molecule has 90 valence electrons. The van der Waals surface area contributed by atoms with Gasteiger partial charge in [-0.2, -0.15) is 0 Å². The number of hydrogen-bond acceptors (Lipinski definition) is 2. The van der Waals surface area contributed by atoms with E-state index in [1.165, 1.54) is 35.0 Å². The van der Waals surface area contributed by atoms with Crippen LogP contribution < -0.4 is 5.32 Å². The van der Waals surface area contributed by atoms with Gasteiger partial charge in [0.2, 0.25) is 0 Å². The van der Waals surface area contributed by atoms with Gasteiger partial charge in [0.1, 0.15) is 0 Å². The molecule has 0 aliphatic heterocycles. The minimum Gasteiger partial charge on any atom is -0.316 e. The summed E-state index contributed by atoms with van der Waals surface area (Å²) in [6, 6.07) is 2.80.